The zero-order valence-electron chi connectivity index (χ0n) is 12.9. The van der Waals surface area contributed by atoms with Crippen molar-refractivity contribution in [2.45, 2.75) is 19.9 Å². The number of nitro groups is 1. The lowest BCUT2D eigenvalue weighted by atomic mass is 10.1. The van der Waals surface area contributed by atoms with Gasteiger partial charge in [-0.3, -0.25) is 24.3 Å². The van der Waals surface area contributed by atoms with Gasteiger partial charge in [0.25, 0.3) is 11.2 Å². The number of nitro benzene ring substituents is 1. The summed E-state index contributed by atoms with van der Waals surface area (Å²) >= 11 is 1.32. The Kier molecular flexibility index (Phi) is 3.98. The first kappa shape index (κ1) is 16.0. The smallest absolute Gasteiger partial charge is 0.269 e. The second kappa shape index (κ2) is 5.97. The van der Waals surface area contributed by atoms with Crippen molar-refractivity contribution >= 4 is 33.0 Å². The van der Waals surface area contributed by atoms with Crippen LogP contribution in [-0.2, 0) is 4.79 Å². The molecule has 0 N–H and O–H groups in total. The summed E-state index contributed by atoms with van der Waals surface area (Å²) in [7, 11) is 0. The molecule has 0 saturated heterocycles. The summed E-state index contributed by atoms with van der Waals surface area (Å²) < 4.78 is 1.31. The van der Waals surface area contributed by atoms with E-state index in [0.29, 0.717) is 21.3 Å². The van der Waals surface area contributed by atoms with Crippen molar-refractivity contribution in [3.8, 4) is 11.1 Å². The van der Waals surface area contributed by atoms with E-state index in [1.807, 2.05) is 0 Å². The monoisotopic (exact) mass is 343 g/mol. The molecule has 0 aliphatic heterocycles. The van der Waals surface area contributed by atoms with Crippen LogP contribution in [0, 0.1) is 10.1 Å². The lowest BCUT2D eigenvalue weighted by molar-refractivity contribution is -0.384. The largest absolute Gasteiger partial charge is 0.298 e. The number of hydrogen-bond acceptors (Lipinski definition) is 6. The molecule has 3 rings (SSSR count). The summed E-state index contributed by atoms with van der Waals surface area (Å²) in [5.41, 5.74) is 1.04. The van der Waals surface area contributed by atoms with E-state index in [2.05, 4.69) is 4.98 Å². The van der Waals surface area contributed by atoms with E-state index in [-0.39, 0.29) is 17.0 Å². The zero-order chi connectivity index (χ0) is 17.4. The quantitative estimate of drug-likeness (QED) is 0.535. The number of carbonyl (C=O) groups excluding carboxylic acids is 1. The van der Waals surface area contributed by atoms with Crippen molar-refractivity contribution in [3.05, 3.63) is 56.4 Å². The molecule has 24 heavy (non-hydrogen) atoms. The molecule has 8 heteroatoms. The molecular weight excluding hydrogens is 330 g/mol. The van der Waals surface area contributed by atoms with E-state index in [1.165, 1.54) is 41.3 Å². The van der Waals surface area contributed by atoms with Crippen LogP contribution in [0.25, 0.3) is 21.3 Å². The van der Waals surface area contributed by atoms with Gasteiger partial charge in [-0.05, 0) is 31.5 Å². The number of ketones is 1. The lowest BCUT2D eigenvalue weighted by Gasteiger charge is -2.11. The topological polar surface area (TPSA) is 95.1 Å². The third-order valence-corrected chi connectivity index (χ3v) is 4.80. The van der Waals surface area contributed by atoms with Gasteiger partial charge < -0.3 is 0 Å². The molecule has 122 valence electrons. The molecule has 1 unspecified atom stereocenters. The van der Waals surface area contributed by atoms with Gasteiger partial charge in [0.05, 0.1) is 22.7 Å². The predicted octanol–water partition coefficient (Wildman–Crippen LogP) is 3.18. The molecule has 0 saturated carbocycles. The Bertz CT molecular complexity index is 1000. The second-order valence-corrected chi connectivity index (χ2v) is 6.24. The molecule has 1 atom stereocenters. The average Bonchev–Trinajstić information content (AvgIpc) is 2.99. The molecule has 0 amide bonds. The summed E-state index contributed by atoms with van der Waals surface area (Å²) in [6.07, 6.45) is 1.38. The summed E-state index contributed by atoms with van der Waals surface area (Å²) in [4.78, 5) is 39.5. The van der Waals surface area contributed by atoms with Gasteiger partial charge in [-0.1, -0.05) is 0 Å². The summed E-state index contributed by atoms with van der Waals surface area (Å²) in [5, 5.41) is 13.0. The zero-order valence-corrected chi connectivity index (χ0v) is 13.7. The minimum Gasteiger partial charge on any atom is -0.298 e. The number of carbonyl (C=O) groups is 1. The summed E-state index contributed by atoms with van der Waals surface area (Å²) in [6.45, 7) is 3.07. The van der Waals surface area contributed by atoms with E-state index < -0.39 is 11.0 Å². The van der Waals surface area contributed by atoms with Crippen molar-refractivity contribution in [3.63, 3.8) is 0 Å². The van der Waals surface area contributed by atoms with E-state index in [1.54, 1.807) is 24.4 Å². The lowest BCUT2D eigenvalue weighted by Crippen LogP contribution is -2.27. The molecule has 0 radical (unpaired) electrons. The summed E-state index contributed by atoms with van der Waals surface area (Å²) in [6, 6.07) is 5.40. The fraction of sp³-hybridized carbons (Fsp3) is 0.188. The first-order chi connectivity index (χ1) is 11.4. The van der Waals surface area contributed by atoms with Crippen LogP contribution < -0.4 is 5.56 Å². The van der Waals surface area contributed by atoms with Crippen LogP contribution in [0.3, 0.4) is 0 Å². The van der Waals surface area contributed by atoms with Crippen LogP contribution in [-0.4, -0.2) is 20.3 Å². The van der Waals surface area contributed by atoms with Gasteiger partial charge in [-0.25, -0.2) is 4.98 Å². The predicted molar refractivity (Wildman–Crippen MR) is 91.4 cm³/mol. The minimum absolute atomic E-state index is 0.0148. The van der Waals surface area contributed by atoms with Crippen molar-refractivity contribution in [2.24, 2.45) is 0 Å². The van der Waals surface area contributed by atoms with Crippen molar-refractivity contribution in [1.29, 1.82) is 0 Å². The molecule has 2 aromatic heterocycles. The van der Waals surface area contributed by atoms with E-state index in [9.17, 15) is 19.7 Å². The first-order valence-electron chi connectivity index (χ1n) is 7.13. The number of fused-ring (bicyclic) bond motifs is 1. The Balaban J connectivity index is 2.19. The van der Waals surface area contributed by atoms with Gasteiger partial charge in [-0.15, -0.1) is 11.3 Å². The molecule has 2 heterocycles. The van der Waals surface area contributed by atoms with Gasteiger partial charge in [0.1, 0.15) is 4.83 Å². The van der Waals surface area contributed by atoms with Crippen LogP contribution in [0.5, 0.6) is 0 Å². The Hall–Kier alpha value is -2.87. The molecule has 7 nitrogen and oxygen atoms in total. The van der Waals surface area contributed by atoms with Gasteiger partial charge in [0, 0.05) is 23.1 Å². The highest BCUT2D eigenvalue weighted by Gasteiger charge is 2.18. The fourth-order valence-corrected chi connectivity index (χ4v) is 3.30. The number of nitrogens with zero attached hydrogens (tertiary/aromatic N) is 3. The first-order valence-corrected chi connectivity index (χ1v) is 8.01. The number of benzene rings is 1. The van der Waals surface area contributed by atoms with Crippen molar-refractivity contribution in [2.75, 3.05) is 0 Å². The van der Waals surface area contributed by atoms with Crippen LogP contribution in [0.2, 0.25) is 0 Å². The Labute approximate surface area is 140 Å². The highest BCUT2D eigenvalue weighted by Crippen LogP contribution is 2.31. The Morgan fingerprint density at radius 3 is 2.58 bits per heavy atom. The normalized spacial score (nSPS) is 12.2. The fourth-order valence-electron chi connectivity index (χ4n) is 2.39. The maximum absolute atomic E-state index is 12.8. The SMILES string of the molecule is CC(=O)C(C)n1cnc2scc(-c3ccc([N+](=O)[O-])cc3)c2c1=O. The maximum Gasteiger partial charge on any atom is 0.269 e. The molecule has 0 fully saturated rings. The molecular formula is C16H13N3O4S. The van der Waals surface area contributed by atoms with Crippen LogP contribution in [0.15, 0.2) is 40.8 Å². The van der Waals surface area contributed by atoms with Crippen LogP contribution in [0.1, 0.15) is 19.9 Å². The van der Waals surface area contributed by atoms with Crippen LogP contribution in [0.4, 0.5) is 5.69 Å². The molecule has 0 bridgehead atoms. The van der Waals surface area contributed by atoms with Gasteiger partial charge in [-0.2, -0.15) is 0 Å². The molecule has 0 aliphatic rings. The van der Waals surface area contributed by atoms with Crippen LogP contribution >= 0.6 is 11.3 Å². The molecule has 3 aromatic rings. The molecule has 0 aliphatic carbocycles. The number of rotatable bonds is 4. The van der Waals surface area contributed by atoms with E-state index in [4.69, 9.17) is 0 Å². The van der Waals surface area contributed by atoms with E-state index in [0.717, 1.165) is 0 Å². The van der Waals surface area contributed by atoms with Gasteiger partial charge in [0.15, 0.2) is 5.78 Å². The summed E-state index contributed by atoms with van der Waals surface area (Å²) in [5.74, 6) is -0.134. The third-order valence-electron chi connectivity index (χ3n) is 3.91. The maximum atomic E-state index is 12.8. The Morgan fingerprint density at radius 2 is 2.00 bits per heavy atom. The number of aromatic nitrogens is 2. The van der Waals surface area contributed by atoms with Gasteiger partial charge >= 0.3 is 0 Å². The number of hydrogen-bond donors (Lipinski definition) is 0. The van der Waals surface area contributed by atoms with Gasteiger partial charge in [0.2, 0.25) is 0 Å². The number of Topliss-reactive ketones (excluding diaryl/α,β-unsaturated/α-hetero) is 1. The highest BCUT2D eigenvalue weighted by atomic mass is 32.1. The third kappa shape index (κ3) is 2.61. The average molecular weight is 343 g/mol. The second-order valence-electron chi connectivity index (χ2n) is 5.38. The minimum atomic E-state index is -0.598. The molecule has 1 aromatic carbocycles. The van der Waals surface area contributed by atoms with Crippen molar-refractivity contribution in [1.82, 2.24) is 9.55 Å². The van der Waals surface area contributed by atoms with Crippen molar-refractivity contribution < 1.29 is 9.72 Å². The number of thiophene rings is 1. The highest BCUT2D eigenvalue weighted by molar-refractivity contribution is 7.17. The standard InChI is InChI=1S/C16H13N3O4S/c1-9(10(2)20)18-8-17-15-14(16(18)21)13(7-24-15)11-3-5-12(6-4-11)19(22)23/h3-9H,1-2H3. The Morgan fingerprint density at radius 1 is 1.33 bits per heavy atom. The molecule has 0 spiro atoms. The van der Waals surface area contributed by atoms with E-state index >= 15 is 0 Å². The number of non-ortho nitro benzene ring substituents is 1.